The third-order valence-corrected chi connectivity index (χ3v) is 5.16. The molecule has 0 atom stereocenters. The number of amides is 2. The molecule has 0 aromatic heterocycles. The van der Waals surface area contributed by atoms with Crippen molar-refractivity contribution in [3.05, 3.63) is 71.8 Å². The number of nitrogens with one attached hydrogen (secondary N) is 1. The Morgan fingerprint density at radius 2 is 1.67 bits per heavy atom. The Bertz CT molecular complexity index is 1200. The van der Waals surface area contributed by atoms with E-state index in [9.17, 15) is 9.59 Å². The zero-order valence-electron chi connectivity index (χ0n) is 16.3. The molecule has 0 radical (unpaired) electrons. The number of fused-ring (bicyclic) bond motifs is 1. The molecule has 1 saturated heterocycles. The molecule has 0 unspecified atom stereocenters. The van der Waals surface area contributed by atoms with Gasteiger partial charge in [0.2, 0.25) is 0 Å². The van der Waals surface area contributed by atoms with E-state index in [0.717, 1.165) is 10.8 Å². The fourth-order valence-corrected chi connectivity index (χ4v) is 3.65. The van der Waals surface area contributed by atoms with Crippen LogP contribution in [0.25, 0.3) is 16.8 Å². The van der Waals surface area contributed by atoms with Gasteiger partial charge in [0.15, 0.2) is 5.11 Å². The van der Waals surface area contributed by atoms with Crippen molar-refractivity contribution in [2.75, 3.05) is 19.1 Å². The molecule has 0 spiro atoms. The highest BCUT2D eigenvalue weighted by Gasteiger charge is 2.34. The number of hydrogen-bond acceptors (Lipinski definition) is 5. The first-order chi connectivity index (χ1) is 14.5. The van der Waals surface area contributed by atoms with Crippen molar-refractivity contribution in [1.82, 2.24) is 5.32 Å². The summed E-state index contributed by atoms with van der Waals surface area (Å²) in [5.74, 6) is 0.147. The van der Waals surface area contributed by atoms with E-state index in [1.54, 1.807) is 44.6 Å². The first kappa shape index (κ1) is 19.6. The summed E-state index contributed by atoms with van der Waals surface area (Å²) in [5.41, 5.74) is 1.15. The van der Waals surface area contributed by atoms with Crippen LogP contribution >= 0.6 is 12.2 Å². The average molecular weight is 418 g/mol. The molecule has 30 heavy (non-hydrogen) atoms. The monoisotopic (exact) mass is 418 g/mol. The fraction of sp³-hybridized carbons (Fsp3) is 0.0870. The highest BCUT2D eigenvalue weighted by Crippen LogP contribution is 2.31. The number of hydrogen-bond donors (Lipinski definition) is 1. The lowest BCUT2D eigenvalue weighted by Crippen LogP contribution is -2.54. The fourth-order valence-electron chi connectivity index (χ4n) is 3.37. The Labute approximate surface area is 178 Å². The maximum atomic E-state index is 13.3. The summed E-state index contributed by atoms with van der Waals surface area (Å²) in [6.07, 6.45) is 1.55. The smallest absolute Gasteiger partial charge is 0.270 e. The molecular formula is C23H18N2O4S. The van der Waals surface area contributed by atoms with Gasteiger partial charge >= 0.3 is 0 Å². The molecule has 1 N–H and O–H groups in total. The standard InChI is InChI=1S/C23H18N2O4S/c1-28-16-10-8-15(9-11-16)25-22(27)19(21(26)24-23(25)30)13-18-17-6-4-3-5-14(17)7-12-20(18)29-2/h3-13H,1-2H3,(H,24,26,30). The van der Waals surface area contributed by atoms with Crippen LogP contribution in [0.3, 0.4) is 0 Å². The Balaban J connectivity index is 1.83. The van der Waals surface area contributed by atoms with Gasteiger partial charge in [-0.05, 0) is 59.4 Å². The lowest BCUT2D eigenvalue weighted by Gasteiger charge is -2.29. The minimum Gasteiger partial charge on any atom is -0.497 e. The molecule has 2 amide bonds. The largest absolute Gasteiger partial charge is 0.497 e. The maximum absolute atomic E-state index is 13.3. The Hall–Kier alpha value is -3.71. The minimum absolute atomic E-state index is 0.0252. The van der Waals surface area contributed by atoms with E-state index in [2.05, 4.69) is 5.32 Å². The van der Waals surface area contributed by atoms with Crippen LogP contribution in [-0.4, -0.2) is 31.1 Å². The number of rotatable bonds is 4. The highest BCUT2D eigenvalue weighted by molar-refractivity contribution is 7.80. The van der Waals surface area contributed by atoms with Crippen LogP contribution in [0, 0.1) is 0 Å². The summed E-state index contributed by atoms with van der Waals surface area (Å²) in [7, 11) is 3.11. The molecule has 4 rings (SSSR count). The van der Waals surface area contributed by atoms with Gasteiger partial charge in [0, 0.05) is 5.56 Å². The van der Waals surface area contributed by atoms with E-state index in [1.165, 1.54) is 4.90 Å². The van der Waals surface area contributed by atoms with E-state index >= 15 is 0 Å². The zero-order valence-corrected chi connectivity index (χ0v) is 17.2. The van der Waals surface area contributed by atoms with Crippen LogP contribution in [0.4, 0.5) is 5.69 Å². The van der Waals surface area contributed by atoms with Crippen molar-refractivity contribution in [1.29, 1.82) is 0 Å². The topological polar surface area (TPSA) is 67.9 Å². The third-order valence-electron chi connectivity index (χ3n) is 4.87. The number of nitrogens with zero attached hydrogens (tertiary/aromatic N) is 1. The number of anilines is 1. The van der Waals surface area contributed by atoms with Crippen LogP contribution in [0.15, 0.2) is 66.2 Å². The van der Waals surface area contributed by atoms with Crippen molar-refractivity contribution in [3.8, 4) is 11.5 Å². The predicted molar refractivity (Wildman–Crippen MR) is 120 cm³/mol. The molecular weight excluding hydrogens is 400 g/mol. The Morgan fingerprint density at radius 3 is 2.37 bits per heavy atom. The number of ether oxygens (including phenoxy) is 2. The van der Waals surface area contributed by atoms with Crippen LogP contribution in [0.5, 0.6) is 11.5 Å². The van der Waals surface area contributed by atoms with Crippen molar-refractivity contribution in [2.45, 2.75) is 0 Å². The first-order valence-electron chi connectivity index (χ1n) is 9.14. The Morgan fingerprint density at radius 1 is 0.933 bits per heavy atom. The van der Waals surface area contributed by atoms with E-state index in [1.807, 2.05) is 36.4 Å². The van der Waals surface area contributed by atoms with Crippen molar-refractivity contribution in [3.63, 3.8) is 0 Å². The minimum atomic E-state index is -0.551. The first-order valence-corrected chi connectivity index (χ1v) is 9.55. The van der Waals surface area contributed by atoms with Crippen LogP contribution in [-0.2, 0) is 9.59 Å². The second-order valence-electron chi connectivity index (χ2n) is 6.56. The van der Waals surface area contributed by atoms with Gasteiger partial charge in [-0.1, -0.05) is 30.3 Å². The molecule has 1 aliphatic rings. The quantitative estimate of drug-likeness (QED) is 0.398. The number of benzene rings is 3. The molecule has 0 aliphatic carbocycles. The normalized spacial score (nSPS) is 15.5. The Kier molecular flexibility index (Phi) is 5.20. The second kappa shape index (κ2) is 7.96. The van der Waals surface area contributed by atoms with Crippen molar-refractivity contribution >= 4 is 51.7 Å². The van der Waals surface area contributed by atoms with E-state index in [4.69, 9.17) is 21.7 Å². The molecule has 6 nitrogen and oxygen atoms in total. The molecule has 1 fully saturated rings. The summed E-state index contributed by atoms with van der Waals surface area (Å²) in [6.45, 7) is 0. The molecule has 1 aliphatic heterocycles. The van der Waals surface area contributed by atoms with Gasteiger partial charge < -0.3 is 9.47 Å². The predicted octanol–water partition coefficient (Wildman–Crippen LogP) is 3.69. The SMILES string of the molecule is COc1ccc(N2C(=O)C(=Cc3c(OC)ccc4ccccc34)C(=O)NC2=S)cc1. The van der Waals surface area contributed by atoms with Gasteiger partial charge in [0.05, 0.1) is 19.9 Å². The number of thiocarbonyl (C=S) groups is 1. The van der Waals surface area contributed by atoms with Crippen molar-refractivity contribution in [2.24, 2.45) is 0 Å². The average Bonchev–Trinajstić information content (AvgIpc) is 2.76. The molecule has 1 heterocycles. The molecule has 3 aromatic rings. The molecule has 3 aromatic carbocycles. The molecule has 7 heteroatoms. The van der Waals surface area contributed by atoms with Gasteiger partial charge in [-0.3, -0.25) is 19.8 Å². The summed E-state index contributed by atoms with van der Waals surface area (Å²) in [4.78, 5) is 27.2. The molecule has 0 bridgehead atoms. The van der Waals surface area contributed by atoms with Crippen molar-refractivity contribution < 1.29 is 19.1 Å². The lowest BCUT2D eigenvalue weighted by atomic mass is 9.99. The summed E-state index contributed by atoms with van der Waals surface area (Å²) < 4.78 is 10.6. The molecule has 0 saturated carbocycles. The maximum Gasteiger partial charge on any atom is 0.270 e. The van der Waals surface area contributed by atoms with E-state index in [0.29, 0.717) is 22.7 Å². The van der Waals surface area contributed by atoms with Gasteiger partial charge in [-0.25, -0.2) is 0 Å². The lowest BCUT2D eigenvalue weighted by molar-refractivity contribution is -0.122. The summed E-state index contributed by atoms with van der Waals surface area (Å²) >= 11 is 5.26. The summed E-state index contributed by atoms with van der Waals surface area (Å²) in [5, 5.41) is 4.46. The third kappa shape index (κ3) is 3.40. The van der Waals surface area contributed by atoms with Crippen LogP contribution in [0.2, 0.25) is 0 Å². The van der Waals surface area contributed by atoms with Crippen LogP contribution < -0.4 is 19.7 Å². The molecule has 150 valence electrons. The highest BCUT2D eigenvalue weighted by atomic mass is 32.1. The van der Waals surface area contributed by atoms with E-state index in [-0.39, 0.29) is 10.7 Å². The van der Waals surface area contributed by atoms with Crippen LogP contribution in [0.1, 0.15) is 5.56 Å². The van der Waals surface area contributed by atoms with Gasteiger partial charge in [-0.15, -0.1) is 0 Å². The van der Waals surface area contributed by atoms with Gasteiger partial charge in [0.25, 0.3) is 11.8 Å². The zero-order chi connectivity index (χ0) is 21.3. The number of carbonyl (C=O) groups is 2. The number of methoxy groups -OCH3 is 2. The van der Waals surface area contributed by atoms with E-state index < -0.39 is 11.8 Å². The summed E-state index contributed by atoms with van der Waals surface area (Å²) in [6, 6.07) is 18.3. The van der Waals surface area contributed by atoms with Gasteiger partial charge in [0.1, 0.15) is 17.1 Å². The number of carbonyl (C=O) groups excluding carboxylic acids is 2. The second-order valence-corrected chi connectivity index (χ2v) is 6.95. The van der Waals surface area contributed by atoms with Gasteiger partial charge in [-0.2, -0.15) is 0 Å².